The number of aryl methyl sites for hydroxylation is 2. The van der Waals surface area contributed by atoms with Crippen LogP contribution in [0.2, 0.25) is 0 Å². The van der Waals surface area contributed by atoms with E-state index in [-0.39, 0.29) is 5.91 Å². The Balaban J connectivity index is 1.57. The first-order valence-corrected chi connectivity index (χ1v) is 9.51. The Hall–Kier alpha value is -2.82. The quantitative estimate of drug-likeness (QED) is 0.586. The molecule has 3 aromatic rings. The number of nitrogens with zero attached hydrogens (tertiary/aromatic N) is 2. The largest absolute Gasteiger partial charge is 0.494 e. The fraction of sp³-hybridized carbons (Fsp3) is 0.364. The minimum absolute atomic E-state index is 0.00837. The Morgan fingerprint density at radius 2 is 2.00 bits per heavy atom. The normalized spacial score (nSPS) is 10.9. The lowest BCUT2D eigenvalue weighted by Crippen LogP contribution is -2.23. The summed E-state index contributed by atoms with van der Waals surface area (Å²) in [7, 11) is 0. The molecule has 0 atom stereocenters. The van der Waals surface area contributed by atoms with Crippen LogP contribution in [-0.2, 0) is 17.8 Å². The molecule has 1 heterocycles. The lowest BCUT2D eigenvalue weighted by atomic mass is 10.2. The highest BCUT2D eigenvalue weighted by molar-refractivity contribution is 5.76. The first-order chi connectivity index (χ1) is 13.1. The first-order valence-electron chi connectivity index (χ1n) is 9.51. The molecule has 142 valence electrons. The SMILES string of the molecule is CC(=O)NCCc1nc2ccccc2n1CCCCOc1cccc(C)c1. The van der Waals surface area contributed by atoms with E-state index < -0.39 is 0 Å². The van der Waals surface area contributed by atoms with Crippen LogP contribution in [-0.4, -0.2) is 28.6 Å². The van der Waals surface area contributed by atoms with Gasteiger partial charge in [0.15, 0.2) is 0 Å². The van der Waals surface area contributed by atoms with Crippen molar-refractivity contribution in [2.45, 2.75) is 39.7 Å². The van der Waals surface area contributed by atoms with Crippen molar-refractivity contribution in [1.29, 1.82) is 0 Å². The number of imidazole rings is 1. The molecule has 0 aliphatic heterocycles. The number of carbonyl (C=O) groups is 1. The molecule has 0 spiro atoms. The number of aromatic nitrogens is 2. The van der Waals surface area contributed by atoms with Gasteiger partial charge in [0, 0.05) is 26.4 Å². The average Bonchev–Trinajstić information content (AvgIpc) is 2.99. The van der Waals surface area contributed by atoms with Gasteiger partial charge in [-0.25, -0.2) is 4.98 Å². The Kier molecular flexibility index (Phi) is 6.47. The molecule has 27 heavy (non-hydrogen) atoms. The Morgan fingerprint density at radius 3 is 2.81 bits per heavy atom. The summed E-state index contributed by atoms with van der Waals surface area (Å²) in [4.78, 5) is 15.9. The van der Waals surface area contributed by atoms with Gasteiger partial charge in [0.2, 0.25) is 5.91 Å². The highest BCUT2D eigenvalue weighted by Crippen LogP contribution is 2.18. The van der Waals surface area contributed by atoms with Crippen LogP contribution in [0.4, 0.5) is 0 Å². The molecule has 0 saturated carbocycles. The van der Waals surface area contributed by atoms with Gasteiger partial charge in [-0.05, 0) is 49.6 Å². The van der Waals surface area contributed by atoms with E-state index in [1.165, 1.54) is 12.5 Å². The lowest BCUT2D eigenvalue weighted by Gasteiger charge is -2.10. The van der Waals surface area contributed by atoms with Gasteiger partial charge in [0.25, 0.3) is 0 Å². The van der Waals surface area contributed by atoms with Crippen molar-refractivity contribution in [2.75, 3.05) is 13.2 Å². The molecule has 5 heteroatoms. The number of unbranched alkanes of at least 4 members (excludes halogenated alkanes) is 1. The van der Waals surface area contributed by atoms with Crippen LogP contribution >= 0.6 is 0 Å². The second-order valence-electron chi connectivity index (χ2n) is 6.77. The summed E-state index contributed by atoms with van der Waals surface area (Å²) < 4.78 is 8.11. The molecule has 0 aliphatic carbocycles. The predicted octanol–water partition coefficient (Wildman–Crippen LogP) is 3.88. The smallest absolute Gasteiger partial charge is 0.216 e. The average molecular weight is 365 g/mol. The summed E-state index contributed by atoms with van der Waals surface area (Å²) in [5, 5.41) is 2.85. The van der Waals surface area contributed by atoms with Crippen LogP contribution in [0.15, 0.2) is 48.5 Å². The molecule has 3 rings (SSSR count). The summed E-state index contributed by atoms with van der Waals surface area (Å²) >= 11 is 0. The van der Waals surface area contributed by atoms with Gasteiger partial charge in [-0.15, -0.1) is 0 Å². The second kappa shape index (κ2) is 9.21. The summed E-state index contributed by atoms with van der Waals surface area (Å²) in [6.45, 7) is 5.82. The third-order valence-corrected chi connectivity index (χ3v) is 4.49. The van der Waals surface area contributed by atoms with Crippen molar-refractivity contribution >= 4 is 16.9 Å². The van der Waals surface area contributed by atoms with Gasteiger partial charge in [-0.2, -0.15) is 0 Å². The number of nitrogens with one attached hydrogen (secondary N) is 1. The van der Waals surface area contributed by atoms with Crippen molar-refractivity contribution in [3.05, 3.63) is 59.9 Å². The highest BCUT2D eigenvalue weighted by atomic mass is 16.5. The third kappa shape index (κ3) is 5.33. The Labute approximate surface area is 160 Å². The van der Waals surface area contributed by atoms with Gasteiger partial charge >= 0.3 is 0 Å². The van der Waals surface area contributed by atoms with E-state index in [4.69, 9.17) is 9.72 Å². The van der Waals surface area contributed by atoms with Gasteiger partial charge in [-0.3, -0.25) is 4.79 Å². The van der Waals surface area contributed by atoms with E-state index in [0.29, 0.717) is 13.2 Å². The molecule has 0 radical (unpaired) electrons. The molecule has 1 aromatic heterocycles. The number of hydrogen-bond donors (Lipinski definition) is 1. The Bertz CT molecular complexity index is 901. The summed E-state index contributed by atoms with van der Waals surface area (Å²) in [5.41, 5.74) is 3.36. The van der Waals surface area contributed by atoms with Crippen molar-refractivity contribution in [3.63, 3.8) is 0 Å². The fourth-order valence-corrected chi connectivity index (χ4v) is 3.18. The number of benzene rings is 2. The maximum atomic E-state index is 11.1. The van der Waals surface area contributed by atoms with E-state index in [2.05, 4.69) is 35.0 Å². The maximum absolute atomic E-state index is 11.1. The minimum Gasteiger partial charge on any atom is -0.494 e. The third-order valence-electron chi connectivity index (χ3n) is 4.49. The maximum Gasteiger partial charge on any atom is 0.216 e. The summed E-state index contributed by atoms with van der Waals surface area (Å²) in [6.07, 6.45) is 2.72. The molecule has 0 bridgehead atoms. The monoisotopic (exact) mass is 365 g/mol. The number of carbonyl (C=O) groups excluding carboxylic acids is 1. The molecule has 0 saturated heterocycles. The van der Waals surface area contributed by atoms with Crippen LogP contribution < -0.4 is 10.1 Å². The molecule has 1 amide bonds. The van der Waals surface area contributed by atoms with Gasteiger partial charge in [-0.1, -0.05) is 24.3 Å². The molecule has 2 aromatic carbocycles. The molecule has 0 fully saturated rings. The van der Waals surface area contributed by atoms with Crippen LogP contribution in [0.5, 0.6) is 5.75 Å². The fourth-order valence-electron chi connectivity index (χ4n) is 3.18. The lowest BCUT2D eigenvalue weighted by molar-refractivity contribution is -0.118. The van der Waals surface area contributed by atoms with Crippen molar-refractivity contribution < 1.29 is 9.53 Å². The summed E-state index contributed by atoms with van der Waals surface area (Å²) in [5.74, 6) is 1.94. The van der Waals surface area contributed by atoms with Gasteiger partial charge in [0.1, 0.15) is 11.6 Å². The van der Waals surface area contributed by atoms with Crippen molar-refractivity contribution in [2.24, 2.45) is 0 Å². The molecular weight excluding hydrogens is 338 g/mol. The Morgan fingerprint density at radius 1 is 1.15 bits per heavy atom. The van der Waals surface area contributed by atoms with Gasteiger partial charge in [0.05, 0.1) is 17.6 Å². The van der Waals surface area contributed by atoms with Gasteiger partial charge < -0.3 is 14.6 Å². The zero-order valence-electron chi connectivity index (χ0n) is 16.1. The molecule has 5 nitrogen and oxygen atoms in total. The summed E-state index contributed by atoms with van der Waals surface area (Å²) in [6, 6.07) is 16.3. The van der Waals surface area contributed by atoms with E-state index in [0.717, 1.165) is 48.4 Å². The number of ether oxygens (including phenoxy) is 1. The molecule has 0 aliphatic rings. The molecule has 0 unspecified atom stereocenters. The van der Waals surface area contributed by atoms with E-state index in [9.17, 15) is 4.79 Å². The van der Waals surface area contributed by atoms with E-state index >= 15 is 0 Å². The van der Waals surface area contributed by atoms with Crippen LogP contribution in [0, 0.1) is 6.92 Å². The van der Waals surface area contributed by atoms with Crippen molar-refractivity contribution in [1.82, 2.24) is 14.9 Å². The van der Waals surface area contributed by atoms with E-state index in [1.54, 1.807) is 0 Å². The van der Waals surface area contributed by atoms with E-state index in [1.807, 2.05) is 30.3 Å². The number of rotatable bonds is 9. The standard InChI is InChI=1S/C22H27N3O2/c1-17-8-7-9-19(16-17)27-15-6-5-14-25-21-11-4-3-10-20(21)24-22(25)12-13-23-18(2)26/h3-4,7-11,16H,5-6,12-15H2,1-2H3,(H,23,26). The van der Waals surface area contributed by atoms with Crippen LogP contribution in [0.1, 0.15) is 31.2 Å². The highest BCUT2D eigenvalue weighted by Gasteiger charge is 2.10. The van der Waals surface area contributed by atoms with Crippen molar-refractivity contribution in [3.8, 4) is 5.75 Å². The van der Waals surface area contributed by atoms with Crippen LogP contribution in [0.3, 0.4) is 0 Å². The topological polar surface area (TPSA) is 56.2 Å². The predicted molar refractivity (Wildman–Crippen MR) is 108 cm³/mol. The van der Waals surface area contributed by atoms with Crippen LogP contribution in [0.25, 0.3) is 11.0 Å². The second-order valence-corrected chi connectivity index (χ2v) is 6.77. The number of para-hydroxylation sites is 2. The first kappa shape index (κ1) is 19.0. The number of fused-ring (bicyclic) bond motifs is 1. The molecule has 1 N–H and O–H groups in total. The number of hydrogen-bond acceptors (Lipinski definition) is 3. The minimum atomic E-state index is -0.00837. The molecular formula is C22H27N3O2. The number of amides is 1. The zero-order chi connectivity index (χ0) is 19.1. The zero-order valence-corrected chi connectivity index (χ0v) is 16.1.